The highest BCUT2D eigenvalue weighted by molar-refractivity contribution is 6.30. The topological polar surface area (TPSA) is 38.8 Å². The molecule has 0 heterocycles. The van der Waals surface area contributed by atoms with Gasteiger partial charge in [-0.1, -0.05) is 59.6 Å². The molecular weight excluding hydrogens is 550 g/mol. The van der Waals surface area contributed by atoms with Crippen molar-refractivity contribution in [3.05, 3.63) is 99.5 Å². The molecule has 210 valence electrons. The lowest BCUT2D eigenvalue weighted by atomic mass is 9.83. The fourth-order valence-electron chi connectivity index (χ4n) is 4.33. The van der Waals surface area contributed by atoms with Crippen LogP contribution in [0.3, 0.4) is 0 Å². The Morgan fingerprint density at radius 1 is 0.872 bits per heavy atom. The molecule has 0 saturated heterocycles. The highest BCUT2D eigenvalue weighted by Crippen LogP contribution is 2.36. The number of rotatable bonds is 12. The van der Waals surface area contributed by atoms with E-state index < -0.39 is 29.7 Å². The number of halogens is 5. The molecule has 4 nitrogen and oxygen atoms in total. The molecule has 0 bridgehead atoms. The molecule has 0 aliphatic rings. The minimum absolute atomic E-state index is 0.180. The van der Waals surface area contributed by atoms with Crippen molar-refractivity contribution in [2.24, 2.45) is 0 Å². The average Bonchev–Trinajstić information content (AvgIpc) is 2.88. The molecule has 39 heavy (non-hydrogen) atoms. The van der Waals surface area contributed by atoms with Crippen molar-refractivity contribution in [3.8, 4) is 5.75 Å². The molecule has 0 amide bonds. The lowest BCUT2D eigenvalue weighted by molar-refractivity contribution is -0.184. The molecule has 1 unspecified atom stereocenters. The van der Waals surface area contributed by atoms with Crippen molar-refractivity contribution in [1.29, 1.82) is 0 Å². The monoisotopic (exact) mass is 581 g/mol. The summed E-state index contributed by atoms with van der Waals surface area (Å²) in [4.78, 5) is 14.0. The van der Waals surface area contributed by atoms with Crippen molar-refractivity contribution in [1.82, 2.24) is 4.90 Å². The quantitative estimate of drug-likeness (QED) is 0.219. The highest BCUT2D eigenvalue weighted by Gasteiger charge is 2.44. The molecule has 3 aromatic rings. The van der Waals surface area contributed by atoms with Crippen LogP contribution in [-0.4, -0.2) is 49.3 Å². The Morgan fingerprint density at radius 3 is 1.79 bits per heavy atom. The summed E-state index contributed by atoms with van der Waals surface area (Å²) in [7, 11) is 2.00. The molecule has 0 N–H and O–H groups in total. The van der Waals surface area contributed by atoms with Crippen LogP contribution in [0.2, 0.25) is 10.0 Å². The van der Waals surface area contributed by atoms with E-state index in [9.17, 15) is 18.0 Å². The van der Waals surface area contributed by atoms with Crippen LogP contribution < -0.4 is 4.74 Å². The Labute approximate surface area is 237 Å². The summed E-state index contributed by atoms with van der Waals surface area (Å²) in [5, 5.41) is 1.30. The number of hydrogen-bond acceptors (Lipinski definition) is 4. The van der Waals surface area contributed by atoms with Crippen LogP contribution in [0.1, 0.15) is 37.5 Å². The van der Waals surface area contributed by atoms with Crippen LogP contribution in [0.5, 0.6) is 5.75 Å². The number of carbonyl (C=O) groups excluding carboxylic acids is 1. The van der Waals surface area contributed by atoms with Crippen LogP contribution in [0.25, 0.3) is 0 Å². The summed E-state index contributed by atoms with van der Waals surface area (Å²) in [6.45, 7) is 6.23. The number of hydrogen-bond donors (Lipinski definition) is 0. The summed E-state index contributed by atoms with van der Waals surface area (Å²) in [5.41, 5.74) is 2.14. The van der Waals surface area contributed by atoms with Gasteiger partial charge < -0.3 is 9.47 Å². The third kappa shape index (κ3) is 8.21. The van der Waals surface area contributed by atoms with Crippen LogP contribution in [0.15, 0.2) is 72.8 Å². The third-order valence-corrected chi connectivity index (χ3v) is 7.13. The van der Waals surface area contributed by atoms with E-state index in [2.05, 4.69) is 11.8 Å². The van der Waals surface area contributed by atoms with E-state index >= 15 is 0 Å². The first-order valence-corrected chi connectivity index (χ1v) is 13.3. The lowest BCUT2D eigenvalue weighted by Crippen LogP contribution is -2.44. The van der Waals surface area contributed by atoms with Crippen LogP contribution in [0, 0.1) is 0 Å². The molecule has 3 rings (SSSR count). The number of alkyl halides is 3. The molecular formula is C30H32Cl2F3NO3. The molecule has 0 radical (unpaired) electrons. The van der Waals surface area contributed by atoms with Crippen molar-refractivity contribution in [2.75, 3.05) is 20.2 Å². The zero-order chi connectivity index (χ0) is 28.8. The highest BCUT2D eigenvalue weighted by atomic mass is 35.5. The molecule has 0 saturated carbocycles. The normalized spacial score (nSPS) is 13.1. The van der Waals surface area contributed by atoms with E-state index in [1.165, 1.54) is 0 Å². The smallest absolute Gasteiger partial charge is 0.452 e. The van der Waals surface area contributed by atoms with Gasteiger partial charge in [-0.05, 0) is 80.9 Å². The average molecular weight is 582 g/mol. The van der Waals surface area contributed by atoms with Gasteiger partial charge in [0, 0.05) is 23.0 Å². The van der Waals surface area contributed by atoms with Gasteiger partial charge in [0.1, 0.15) is 18.5 Å². The number of likely N-dealkylation sites (N-methyl/N-ethyl adjacent to an activating group) is 1. The van der Waals surface area contributed by atoms with Gasteiger partial charge in [-0.25, -0.2) is 0 Å². The third-order valence-electron chi connectivity index (χ3n) is 6.62. The number of benzene rings is 3. The van der Waals surface area contributed by atoms with Gasteiger partial charge in [0.25, 0.3) is 5.78 Å². The van der Waals surface area contributed by atoms with Gasteiger partial charge in [0.15, 0.2) is 0 Å². The molecule has 1 atom stereocenters. The maximum atomic E-state index is 13.0. The predicted octanol–water partition coefficient (Wildman–Crippen LogP) is 7.74. The van der Waals surface area contributed by atoms with Crippen LogP contribution in [-0.2, 0) is 21.5 Å². The molecule has 0 aliphatic heterocycles. The maximum Gasteiger partial charge on any atom is 0.452 e. The Bertz CT molecular complexity index is 1170. The minimum Gasteiger partial charge on any atom is -0.492 e. The number of ether oxygens (including phenoxy) is 2. The van der Waals surface area contributed by atoms with Gasteiger partial charge in [0.2, 0.25) is 0 Å². The molecule has 9 heteroatoms. The summed E-state index contributed by atoms with van der Waals surface area (Å²) < 4.78 is 50.2. The maximum absolute atomic E-state index is 13.0. The Balaban J connectivity index is 1.68. The van der Waals surface area contributed by atoms with E-state index in [-0.39, 0.29) is 6.42 Å². The molecule has 0 aromatic heterocycles. The van der Waals surface area contributed by atoms with E-state index in [1.54, 1.807) is 38.1 Å². The van der Waals surface area contributed by atoms with Crippen molar-refractivity contribution < 1.29 is 27.4 Å². The van der Waals surface area contributed by atoms with Crippen LogP contribution in [0.4, 0.5) is 13.2 Å². The SMILES string of the molecule is CC(C)OC(Cc1ccc(OCCN(C)C(C)(c2ccc(Cl)cc2)c2ccc(Cl)cc2)cc1)C(=O)C(F)(F)F. The molecule has 3 aromatic carbocycles. The van der Waals surface area contributed by atoms with E-state index in [0.717, 1.165) is 11.1 Å². The van der Waals surface area contributed by atoms with E-state index in [1.807, 2.05) is 55.6 Å². The lowest BCUT2D eigenvalue weighted by Gasteiger charge is -2.40. The number of carbonyl (C=O) groups is 1. The minimum atomic E-state index is -4.96. The Kier molecular flexibility index (Phi) is 10.5. The molecule has 0 spiro atoms. The second-order valence-electron chi connectivity index (χ2n) is 9.74. The first kappa shape index (κ1) is 31.0. The van der Waals surface area contributed by atoms with Crippen LogP contribution >= 0.6 is 23.2 Å². The first-order valence-electron chi connectivity index (χ1n) is 12.5. The first-order chi connectivity index (χ1) is 18.3. The molecule has 0 aliphatic carbocycles. The van der Waals surface area contributed by atoms with Gasteiger partial charge in [0.05, 0.1) is 11.6 Å². The van der Waals surface area contributed by atoms with Crippen molar-refractivity contribution in [2.45, 2.75) is 51.1 Å². The zero-order valence-corrected chi connectivity index (χ0v) is 23.8. The second-order valence-corrected chi connectivity index (χ2v) is 10.6. The van der Waals surface area contributed by atoms with Crippen molar-refractivity contribution >= 4 is 29.0 Å². The standard InChI is InChI=1S/C30H32Cl2F3NO3/c1-20(2)39-27(28(37)30(33,34)35)19-21-5-15-26(16-6-21)38-18-17-36(4)29(3,22-7-11-24(31)12-8-22)23-9-13-25(32)14-10-23/h5-16,20,27H,17-19H2,1-4H3. The molecule has 0 fully saturated rings. The number of ketones is 1. The zero-order valence-electron chi connectivity index (χ0n) is 22.3. The predicted molar refractivity (Wildman–Crippen MR) is 149 cm³/mol. The fraction of sp³-hybridized carbons (Fsp3) is 0.367. The van der Waals surface area contributed by atoms with Gasteiger partial charge >= 0.3 is 6.18 Å². The van der Waals surface area contributed by atoms with E-state index in [0.29, 0.717) is 34.5 Å². The summed E-state index contributed by atoms with van der Waals surface area (Å²) in [6.07, 6.45) is -7.25. The Hall–Kier alpha value is -2.58. The van der Waals surface area contributed by atoms with Gasteiger partial charge in [-0.15, -0.1) is 0 Å². The Morgan fingerprint density at radius 2 is 1.36 bits per heavy atom. The number of nitrogens with zero attached hydrogens (tertiary/aromatic N) is 1. The van der Waals surface area contributed by atoms with Crippen molar-refractivity contribution in [3.63, 3.8) is 0 Å². The van der Waals surface area contributed by atoms with Gasteiger partial charge in [-0.2, -0.15) is 13.2 Å². The summed E-state index contributed by atoms with van der Waals surface area (Å²) in [6, 6.07) is 22.0. The fourth-order valence-corrected chi connectivity index (χ4v) is 4.58. The van der Waals surface area contributed by atoms with Gasteiger partial charge in [-0.3, -0.25) is 9.69 Å². The second kappa shape index (κ2) is 13.2. The summed E-state index contributed by atoms with van der Waals surface area (Å²) in [5.74, 6) is -1.32. The number of Topliss-reactive ketones (excluding diaryl/α,β-unsaturated/α-hetero) is 1. The van der Waals surface area contributed by atoms with E-state index in [4.69, 9.17) is 32.7 Å². The largest absolute Gasteiger partial charge is 0.492 e. The summed E-state index contributed by atoms with van der Waals surface area (Å²) >= 11 is 12.3.